The van der Waals surface area contributed by atoms with E-state index in [4.69, 9.17) is 5.73 Å². The van der Waals surface area contributed by atoms with E-state index in [0.717, 1.165) is 26.5 Å². The Balaban J connectivity index is 2.19. The topological polar surface area (TPSA) is 38.9 Å². The molecule has 94 valence electrons. The van der Waals surface area contributed by atoms with Crippen molar-refractivity contribution in [1.82, 2.24) is 4.98 Å². The van der Waals surface area contributed by atoms with Crippen molar-refractivity contribution in [2.75, 3.05) is 0 Å². The van der Waals surface area contributed by atoms with E-state index in [1.165, 1.54) is 5.56 Å². The average molecular weight is 370 g/mol. The van der Waals surface area contributed by atoms with Crippen molar-refractivity contribution in [3.05, 3.63) is 62.3 Å². The third-order valence-electron chi connectivity index (χ3n) is 2.71. The van der Waals surface area contributed by atoms with Gasteiger partial charge >= 0.3 is 0 Å². The van der Waals surface area contributed by atoms with Crippen LogP contribution in [0, 0.1) is 6.92 Å². The first-order chi connectivity index (χ1) is 8.54. The molecular formula is C14H14Br2N2. The Bertz CT molecular complexity index is 535. The van der Waals surface area contributed by atoms with Crippen LogP contribution in [0.4, 0.5) is 0 Å². The van der Waals surface area contributed by atoms with Gasteiger partial charge in [-0.25, -0.2) is 0 Å². The van der Waals surface area contributed by atoms with E-state index < -0.39 is 0 Å². The SMILES string of the molecule is Cc1cc(Br)cc(C(N)Cc2cncc(Br)c2)c1. The summed E-state index contributed by atoms with van der Waals surface area (Å²) in [7, 11) is 0. The molecule has 0 aliphatic heterocycles. The Hall–Kier alpha value is -0.710. The molecule has 1 aromatic heterocycles. The predicted molar refractivity (Wildman–Crippen MR) is 81.4 cm³/mol. The second kappa shape index (κ2) is 5.95. The first-order valence-corrected chi connectivity index (χ1v) is 7.25. The Labute approximate surface area is 124 Å². The minimum absolute atomic E-state index is 0.0164. The van der Waals surface area contributed by atoms with Crippen molar-refractivity contribution >= 4 is 31.9 Å². The lowest BCUT2D eigenvalue weighted by Crippen LogP contribution is -2.13. The molecule has 0 radical (unpaired) electrons. The molecule has 0 aliphatic carbocycles. The summed E-state index contributed by atoms with van der Waals surface area (Å²) in [6.45, 7) is 2.07. The number of rotatable bonds is 3. The van der Waals surface area contributed by atoms with E-state index in [1.807, 2.05) is 6.20 Å². The van der Waals surface area contributed by atoms with Gasteiger partial charge in [-0.05, 0) is 64.2 Å². The van der Waals surface area contributed by atoms with Crippen LogP contribution in [0.3, 0.4) is 0 Å². The van der Waals surface area contributed by atoms with Gasteiger partial charge in [-0.2, -0.15) is 0 Å². The summed E-state index contributed by atoms with van der Waals surface area (Å²) >= 11 is 6.92. The van der Waals surface area contributed by atoms with Crippen molar-refractivity contribution in [1.29, 1.82) is 0 Å². The van der Waals surface area contributed by atoms with Crippen molar-refractivity contribution < 1.29 is 0 Å². The number of halogens is 2. The van der Waals surface area contributed by atoms with Crippen LogP contribution in [-0.4, -0.2) is 4.98 Å². The molecule has 0 aliphatic rings. The molecule has 2 rings (SSSR count). The smallest absolute Gasteiger partial charge is 0.0410 e. The number of benzene rings is 1. The van der Waals surface area contributed by atoms with Gasteiger partial charge in [0.1, 0.15) is 0 Å². The molecule has 1 atom stereocenters. The number of hydrogen-bond donors (Lipinski definition) is 1. The van der Waals surface area contributed by atoms with Crippen molar-refractivity contribution in [2.24, 2.45) is 5.73 Å². The number of aryl methyl sites for hydroxylation is 1. The molecule has 2 nitrogen and oxygen atoms in total. The molecule has 1 heterocycles. The second-order valence-electron chi connectivity index (χ2n) is 4.38. The van der Waals surface area contributed by atoms with Gasteiger partial charge in [0.15, 0.2) is 0 Å². The molecule has 18 heavy (non-hydrogen) atoms. The van der Waals surface area contributed by atoms with E-state index >= 15 is 0 Å². The van der Waals surface area contributed by atoms with E-state index in [0.29, 0.717) is 0 Å². The molecule has 1 aromatic carbocycles. The zero-order valence-corrected chi connectivity index (χ0v) is 13.2. The Morgan fingerprint density at radius 3 is 2.56 bits per heavy atom. The molecule has 2 N–H and O–H groups in total. The number of pyridine rings is 1. The van der Waals surface area contributed by atoms with E-state index in [2.05, 4.69) is 68.0 Å². The zero-order valence-electron chi connectivity index (χ0n) is 10.0. The van der Waals surface area contributed by atoms with Crippen molar-refractivity contribution in [3.63, 3.8) is 0 Å². The van der Waals surface area contributed by atoms with Crippen LogP contribution >= 0.6 is 31.9 Å². The highest BCUT2D eigenvalue weighted by Gasteiger charge is 2.09. The van der Waals surface area contributed by atoms with Gasteiger partial charge in [-0.1, -0.05) is 22.0 Å². The number of aromatic nitrogens is 1. The van der Waals surface area contributed by atoms with Gasteiger partial charge in [0.25, 0.3) is 0 Å². The first kappa shape index (κ1) is 13.7. The first-order valence-electron chi connectivity index (χ1n) is 5.66. The third kappa shape index (κ3) is 3.64. The highest BCUT2D eigenvalue weighted by molar-refractivity contribution is 9.10. The lowest BCUT2D eigenvalue weighted by molar-refractivity contribution is 0.718. The molecule has 0 bridgehead atoms. The summed E-state index contributed by atoms with van der Waals surface area (Å²) in [4.78, 5) is 4.15. The van der Waals surface area contributed by atoms with Crippen LogP contribution in [0.1, 0.15) is 22.7 Å². The van der Waals surface area contributed by atoms with Crippen molar-refractivity contribution in [2.45, 2.75) is 19.4 Å². The largest absolute Gasteiger partial charge is 0.324 e. The van der Waals surface area contributed by atoms with Gasteiger partial charge < -0.3 is 5.73 Å². The lowest BCUT2D eigenvalue weighted by atomic mass is 9.99. The second-order valence-corrected chi connectivity index (χ2v) is 6.22. The van der Waals surface area contributed by atoms with Crippen LogP contribution in [-0.2, 0) is 6.42 Å². The Morgan fingerprint density at radius 1 is 1.11 bits per heavy atom. The van der Waals surface area contributed by atoms with E-state index in [1.54, 1.807) is 6.20 Å². The minimum Gasteiger partial charge on any atom is -0.324 e. The molecule has 0 amide bonds. The normalized spacial score (nSPS) is 12.4. The highest BCUT2D eigenvalue weighted by Crippen LogP contribution is 2.22. The molecule has 0 saturated heterocycles. The van der Waals surface area contributed by atoms with Crippen LogP contribution in [0.25, 0.3) is 0 Å². The van der Waals surface area contributed by atoms with Gasteiger partial charge in [0.05, 0.1) is 0 Å². The van der Waals surface area contributed by atoms with Gasteiger partial charge in [0, 0.05) is 27.4 Å². The highest BCUT2D eigenvalue weighted by atomic mass is 79.9. The van der Waals surface area contributed by atoms with Crippen LogP contribution in [0.15, 0.2) is 45.6 Å². The molecule has 0 saturated carbocycles. The van der Waals surface area contributed by atoms with Crippen LogP contribution in [0.5, 0.6) is 0 Å². The zero-order chi connectivity index (χ0) is 13.1. The van der Waals surface area contributed by atoms with Gasteiger partial charge in [-0.15, -0.1) is 0 Å². The fourth-order valence-electron chi connectivity index (χ4n) is 1.92. The monoisotopic (exact) mass is 368 g/mol. The quantitative estimate of drug-likeness (QED) is 0.882. The Kier molecular flexibility index (Phi) is 4.54. The van der Waals surface area contributed by atoms with E-state index in [-0.39, 0.29) is 6.04 Å². The summed E-state index contributed by atoms with van der Waals surface area (Å²) in [6, 6.07) is 8.32. The molecule has 0 fully saturated rings. The molecule has 1 unspecified atom stereocenters. The number of hydrogen-bond acceptors (Lipinski definition) is 2. The number of nitrogens with zero attached hydrogens (tertiary/aromatic N) is 1. The summed E-state index contributed by atoms with van der Waals surface area (Å²) in [5.41, 5.74) is 9.74. The summed E-state index contributed by atoms with van der Waals surface area (Å²) < 4.78 is 2.05. The van der Waals surface area contributed by atoms with Crippen LogP contribution < -0.4 is 5.73 Å². The molecule has 4 heteroatoms. The standard InChI is InChI=1S/C14H14Br2N2/c1-9-2-11(6-12(15)3-9)14(17)5-10-4-13(16)8-18-7-10/h2-4,6-8,14H,5,17H2,1H3. The minimum atomic E-state index is -0.0164. The number of nitrogens with two attached hydrogens (primary N) is 1. The average Bonchev–Trinajstić information content (AvgIpc) is 2.27. The third-order valence-corrected chi connectivity index (χ3v) is 3.60. The summed E-state index contributed by atoms with van der Waals surface area (Å²) in [6.07, 6.45) is 4.41. The van der Waals surface area contributed by atoms with Gasteiger partial charge in [0.2, 0.25) is 0 Å². The van der Waals surface area contributed by atoms with Crippen LogP contribution in [0.2, 0.25) is 0 Å². The maximum atomic E-state index is 6.25. The predicted octanol–water partition coefficient (Wildman–Crippen LogP) is 4.16. The molecule has 2 aromatic rings. The fraction of sp³-hybridized carbons (Fsp3) is 0.214. The molecular weight excluding hydrogens is 356 g/mol. The maximum absolute atomic E-state index is 6.25. The molecule has 0 spiro atoms. The fourth-order valence-corrected chi connectivity index (χ4v) is 2.96. The van der Waals surface area contributed by atoms with Crippen molar-refractivity contribution in [3.8, 4) is 0 Å². The van der Waals surface area contributed by atoms with E-state index in [9.17, 15) is 0 Å². The van der Waals surface area contributed by atoms with Gasteiger partial charge in [-0.3, -0.25) is 4.98 Å². The Morgan fingerprint density at radius 2 is 1.89 bits per heavy atom. The lowest BCUT2D eigenvalue weighted by Gasteiger charge is -2.13. The summed E-state index contributed by atoms with van der Waals surface area (Å²) in [5, 5.41) is 0. The summed E-state index contributed by atoms with van der Waals surface area (Å²) in [5.74, 6) is 0. The maximum Gasteiger partial charge on any atom is 0.0410 e.